The van der Waals surface area contributed by atoms with Crippen LogP contribution in [0.3, 0.4) is 0 Å². The van der Waals surface area contributed by atoms with Crippen LogP contribution in [0.5, 0.6) is 0 Å². The van der Waals surface area contributed by atoms with Gasteiger partial charge in [-0.05, 0) is 31.5 Å². The second-order valence-electron chi connectivity index (χ2n) is 4.40. The highest BCUT2D eigenvalue weighted by Crippen LogP contribution is 2.24. The van der Waals surface area contributed by atoms with E-state index in [1.807, 2.05) is 19.9 Å². The summed E-state index contributed by atoms with van der Waals surface area (Å²) in [7, 11) is 0. The average molecular weight is 268 g/mol. The van der Waals surface area contributed by atoms with Crippen molar-refractivity contribution in [2.45, 2.75) is 25.9 Å². The maximum Gasteiger partial charge on any atom is 0.123 e. The molecule has 0 saturated heterocycles. The maximum atomic E-state index is 13.3. The van der Waals surface area contributed by atoms with Gasteiger partial charge in [0.1, 0.15) is 5.82 Å². The maximum absolute atomic E-state index is 13.3. The molecule has 0 radical (unpaired) electrons. The number of nitrogens with two attached hydrogens (primary N) is 1. The molecule has 2 rings (SSSR count). The SMILES string of the molecule is Cc1nn(C(c2cccc(F)c2)C(C)N)cc1Cl. The van der Waals surface area contributed by atoms with E-state index in [1.165, 1.54) is 12.1 Å². The largest absolute Gasteiger partial charge is 0.326 e. The molecular formula is C13H15ClFN3. The molecule has 2 aromatic rings. The van der Waals surface area contributed by atoms with E-state index in [1.54, 1.807) is 16.9 Å². The van der Waals surface area contributed by atoms with Crippen molar-refractivity contribution >= 4 is 11.6 Å². The fourth-order valence-corrected chi connectivity index (χ4v) is 2.13. The quantitative estimate of drug-likeness (QED) is 0.929. The predicted molar refractivity (Wildman–Crippen MR) is 70.2 cm³/mol. The highest BCUT2D eigenvalue weighted by molar-refractivity contribution is 6.31. The lowest BCUT2D eigenvalue weighted by Gasteiger charge is -2.21. The molecular weight excluding hydrogens is 253 g/mol. The summed E-state index contributed by atoms with van der Waals surface area (Å²) in [6.45, 7) is 3.68. The van der Waals surface area contributed by atoms with E-state index in [9.17, 15) is 4.39 Å². The summed E-state index contributed by atoms with van der Waals surface area (Å²) in [6, 6.07) is 5.94. The van der Waals surface area contributed by atoms with Crippen LogP contribution in [0.1, 0.15) is 24.2 Å². The summed E-state index contributed by atoms with van der Waals surface area (Å²) in [5.41, 5.74) is 7.50. The first-order chi connectivity index (χ1) is 8.49. The number of benzene rings is 1. The molecule has 18 heavy (non-hydrogen) atoms. The van der Waals surface area contributed by atoms with Gasteiger partial charge in [0.2, 0.25) is 0 Å². The Morgan fingerprint density at radius 3 is 2.67 bits per heavy atom. The number of hydrogen-bond donors (Lipinski definition) is 1. The first-order valence-corrected chi connectivity index (χ1v) is 6.09. The minimum Gasteiger partial charge on any atom is -0.326 e. The van der Waals surface area contributed by atoms with E-state index in [0.29, 0.717) is 5.02 Å². The molecule has 1 aromatic heterocycles. The molecule has 0 fully saturated rings. The zero-order chi connectivity index (χ0) is 13.3. The number of aromatic nitrogens is 2. The minimum absolute atomic E-state index is 0.206. The normalized spacial score (nSPS) is 14.5. The first kappa shape index (κ1) is 13.1. The van der Waals surface area contributed by atoms with Crippen molar-refractivity contribution in [2.24, 2.45) is 5.73 Å². The van der Waals surface area contributed by atoms with E-state index in [2.05, 4.69) is 5.10 Å². The predicted octanol–water partition coefficient (Wildman–Crippen LogP) is 2.92. The van der Waals surface area contributed by atoms with Crippen molar-refractivity contribution in [3.8, 4) is 0 Å². The van der Waals surface area contributed by atoms with Crippen LogP contribution in [0.2, 0.25) is 5.02 Å². The number of rotatable bonds is 3. The van der Waals surface area contributed by atoms with Gasteiger partial charge in [-0.1, -0.05) is 23.7 Å². The molecule has 0 saturated carbocycles. The van der Waals surface area contributed by atoms with Gasteiger partial charge in [-0.3, -0.25) is 4.68 Å². The van der Waals surface area contributed by atoms with Crippen LogP contribution in [0.15, 0.2) is 30.5 Å². The van der Waals surface area contributed by atoms with Gasteiger partial charge >= 0.3 is 0 Å². The Kier molecular flexibility index (Phi) is 3.68. The van der Waals surface area contributed by atoms with Gasteiger partial charge in [0.15, 0.2) is 0 Å². The fourth-order valence-electron chi connectivity index (χ4n) is 1.99. The molecule has 0 aliphatic heterocycles. The van der Waals surface area contributed by atoms with E-state index in [-0.39, 0.29) is 17.9 Å². The lowest BCUT2D eigenvalue weighted by atomic mass is 10.0. The van der Waals surface area contributed by atoms with Crippen molar-refractivity contribution in [3.05, 3.63) is 52.6 Å². The van der Waals surface area contributed by atoms with Crippen LogP contribution in [0, 0.1) is 12.7 Å². The van der Waals surface area contributed by atoms with Crippen molar-refractivity contribution in [1.82, 2.24) is 9.78 Å². The molecule has 0 aliphatic carbocycles. The Bertz CT molecular complexity index is 531. The van der Waals surface area contributed by atoms with Gasteiger partial charge < -0.3 is 5.73 Å². The van der Waals surface area contributed by atoms with E-state index >= 15 is 0 Å². The van der Waals surface area contributed by atoms with Crippen LogP contribution >= 0.6 is 11.6 Å². The minimum atomic E-state index is -0.284. The molecule has 0 bridgehead atoms. The molecule has 0 spiro atoms. The Labute approximate surface area is 110 Å². The molecule has 3 nitrogen and oxygen atoms in total. The highest BCUT2D eigenvalue weighted by Gasteiger charge is 2.20. The zero-order valence-corrected chi connectivity index (χ0v) is 11.0. The highest BCUT2D eigenvalue weighted by atomic mass is 35.5. The lowest BCUT2D eigenvalue weighted by molar-refractivity contribution is 0.450. The number of nitrogens with zero attached hydrogens (tertiary/aromatic N) is 2. The molecule has 96 valence electrons. The van der Waals surface area contributed by atoms with Crippen molar-refractivity contribution in [2.75, 3.05) is 0 Å². The van der Waals surface area contributed by atoms with Crippen molar-refractivity contribution in [3.63, 3.8) is 0 Å². The second kappa shape index (κ2) is 5.08. The molecule has 5 heteroatoms. The van der Waals surface area contributed by atoms with Crippen molar-refractivity contribution in [1.29, 1.82) is 0 Å². The lowest BCUT2D eigenvalue weighted by Crippen LogP contribution is -2.30. The third-order valence-corrected chi connectivity index (χ3v) is 3.20. The summed E-state index contributed by atoms with van der Waals surface area (Å²) in [4.78, 5) is 0. The van der Waals surface area contributed by atoms with Crippen LogP contribution in [-0.4, -0.2) is 15.8 Å². The Balaban J connectivity index is 2.46. The monoisotopic (exact) mass is 267 g/mol. The van der Waals surface area contributed by atoms with Gasteiger partial charge in [-0.15, -0.1) is 0 Å². The van der Waals surface area contributed by atoms with Crippen molar-refractivity contribution < 1.29 is 4.39 Å². The van der Waals surface area contributed by atoms with Gasteiger partial charge in [0.25, 0.3) is 0 Å². The first-order valence-electron chi connectivity index (χ1n) is 5.71. The average Bonchev–Trinajstić information content (AvgIpc) is 2.58. The molecule has 1 aromatic carbocycles. The van der Waals surface area contributed by atoms with E-state index < -0.39 is 0 Å². The van der Waals surface area contributed by atoms with Crippen LogP contribution in [-0.2, 0) is 0 Å². The Morgan fingerprint density at radius 2 is 2.17 bits per heavy atom. The van der Waals surface area contributed by atoms with Gasteiger partial charge in [-0.25, -0.2) is 4.39 Å². The molecule has 0 amide bonds. The summed E-state index contributed by atoms with van der Waals surface area (Å²) in [5.74, 6) is -0.284. The summed E-state index contributed by atoms with van der Waals surface area (Å²) < 4.78 is 15.0. The third kappa shape index (κ3) is 2.54. The molecule has 2 N–H and O–H groups in total. The molecule has 2 atom stereocenters. The smallest absolute Gasteiger partial charge is 0.123 e. The van der Waals surface area contributed by atoms with E-state index in [0.717, 1.165) is 11.3 Å². The van der Waals surface area contributed by atoms with Gasteiger partial charge in [0.05, 0.1) is 16.8 Å². The van der Waals surface area contributed by atoms with E-state index in [4.69, 9.17) is 17.3 Å². The van der Waals surface area contributed by atoms with Gasteiger partial charge in [-0.2, -0.15) is 5.10 Å². The molecule has 1 heterocycles. The summed E-state index contributed by atoms with van der Waals surface area (Å²) in [6.07, 6.45) is 1.72. The summed E-state index contributed by atoms with van der Waals surface area (Å²) >= 11 is 6.00. The standard InChI is InChI=1S/C13H15ClFN3/c1-8(16)13(10-4-3-5-11(15)6-10)18-7-12(14)9(2)17-18/h3-8,13H,16H2,1-2H3. The zero-order valence-electron chi connectivity index (χ0n) is 10.3. The van der Waals surface area contributed by atoms with Crippen LogP contribution in [0.25, 0.3) is 0 Å². The third-order valence-electron chi connectivity index (χ3n) is 2.83. The molecule has 0 aliphatic rings. The molecule has 2 unspecified atom stereocenters. The fraction of sp³-hybridized carbons (Fsp3) is 0.308. The van der Waals surface area contributed by atoms with Gasteiger partial charge in [0, 0.05) is 12.2 Å². The Hall–Kier alpha value is -1.39. The van der Waals surface area contributed by atoms with Crippen LogP contribution < -0.4 is 5.73 Å². The van der Waals surface area contributed by atoms with Crippen LogP contribution in [0.4, 0.5) is 4.39 Å². The number of aryl methyl sites for hydroxylation is 1. The number of hydrogen-bond acceptors (Lipinski definition) is 2. The Morgan fingerprint density at radius 1 is 1.44 bits per heavy atom. The topological polar surface area (TPSA) is 43.8 Å². The number of halogens is 2. The second-order valence-corrected chi connectivity index (χ2v) is 4.81. The summed E-state index contributed by atoms with van der Waals surface area (Å²) in [5, 5.41) is 4.90.